The van der Waals surface area contributed by atoms with E-state index in [4.69, 9.17) is 5.73 Å². The van der Waals surface area contributed by atoms with E-state index >= 15 is 0 Å². The number of hydrogen-bond acceptors (Lipinski definition) is 5. The Bertz CT molecular complexity index is 380. The lowest BCUT2D eigenvalue weighted by Gasteiger charge is -1.94. The second-order valence-corrected chi connectivity index (χ2v) is 2.02. The highest BCUT2D eigenvalue weighted by Gasteiger charge is 1.98. The SMILES string of the molecule is Nc1nncc2nccnc12. The van der Waals surface area contributed by atoms with E-state index in [-0.39, 0.29) is 0 Å². The third-order valence-corrected chi connectivity index (χ3v) is 1.31. The standard InChI is InChI=1S/C6H5N5/c7-6-5-4(3-10-11-6)8-1-2-9-5/h1-3H,(H2,7,11). The van der Waals surface area contributed by atoms with Crippen LogP contribution in [0.25, 0.3) is 11.0 Å². The lowest BCUT2D eigenvalue weighted by Crippen LogP contribution is -1.96. The minimum Gasteiger partial charge on any atom is -0.380 e. The first-order valence-electron chi connectivity index (χ1n) is 3.06. The Kier molecular flexibility index (Phi) is 1.15. The van der Waals surface area contributed by atoms with Crippen LogP contribution in [0.1, 0.15) is 0 Å². The van der Waals surface area contributed by atoms with Gasteiger partial charge in [-0.2, -0.15) is 5.10 Å². The van der Waals surface area contributed by atoms with E-state index in [1.165, 1.54) is 6.20 Å². The Hall–Kier alpha value is -1.78. The van der Waals surface area contributed by atoms with Gasteiger partial charge in [0, 0.05) is 12.4 Å². The van der Waals surface area contributed by atoms with Crippen LogP contribution in [0.15, 0.2) is 18.6 Å². The predicted molar refractivity (Wildman–Crippen MR) is 39.5 cm³/mol. The number of hydrogen-bond donors (Lipinski definition) is 1. The Morgan fingerprint density at radius 3 is 2.82 bits per heavy atom. The molecule has 0 fully saturated rings. The Labute approximate surface area is 62.3 Å². The second-order valence-electron chi connectivity index (χ2n) is 2.02. The van der Waals surface area contributed by atoms with Gasteiger partial charge in [0.1, 0.15) is 11.0 Å². The van der Waals surface area contributed by atoms with Crippen LogP contribution in [0, 0.1) is 0 Å². The number of rotatable bonds is 0. The Balaban J connectivity index is 2.91. The van der Waals surface area contributed by atoms with Crippen molar-refractivity contribution in [1.29, 1.82) is 0 Å². The van der Waals surface area contributed by atoms with Crippen molar-refractivity contribution in [2.75, 3.05) is 5.73 Å². The molecule has 0 bridgehead atoms. The van der Waals surface area contributed by atoms with Crippen molar-refractivity contribution in [2.24, 2.45) is 0 Å². The van der Waals surface area contributed by atoms with Gasteiger partial charge in [0.25, 0.3) is 0 Å². The normalized spacial score (nSPS) is 10.2. The van der Waals surface area contributed by atoms with Gasteiger partial charge in [0.15, 0.2) is 5.82 Å². The minimum atomic E-state index is 0.315. The van der Waals surface area contributed by atoms with Crippen molar-refractivity contribution in [1.82, 2.24) is 20.2 Å². The van der Waals surface area contributed by atoms with Gasteiger partial charge in [0.05, 0.1) is 6.20 Å². The summed E-state index contributed by atoms with van der Waals surface area (Å²) in [4.78, 5) is 7.99. The van der Waals surface area contributed by atoms with Gasteiger partial charge in [-0.05, 0) is 0 Å². The average molecular weight is 147 g/mol. The van der Waals surface area contributed by atoms with E-state index < -0.39 is 0 Å². The number of nitrogens with two attached hydrogens (primary N) is 1. The molecule has 0 aliphatic rings. The number of anilines is 1. The lowest BCUT2D eigenvalue weighted by atomic mass is 10.4. The van der Waals surface area contributed by atoms with Crippen molar-refractivity contribution in [3.8, 4) is 0 Å². The first kappa shape index (κ1) is 5.96. The maximum atomic E-state index is 5.48. The van der Waals surface area contributed by atoms with Crippen LogP contribution < -0.4 is 5.73 Å². The van der Waals surface area contributed by atoms with Gasteiger partial charge < -0.3 is 5.73 Å². The maximum Gasteiger partial charge on any atom is 0.174 e. The van der Waals surface area contributed by atoms with Crippen molar-refractivity contribution in [2.45, 2.75) is 0 Å². The van der Waals surface area contributed by atoms with E-state index in [1.807, 2.05) is 0 Å². The fourth-order valence-corrected chi connectivity index (χ4v) is 0.834. The van der Waals surface area contributed by atoms with Crippen LogP contribution in [0.4, 0.5) is 5.82 Å². The Morgan fingerprint density at radius 1 is 1.18 bits per heavy atom. The van der Waals surface area contributed by atoms with Crippen LogP contribution in [-0.4, -0.2) is 20.2 Å². The van der Waals surface area contributed by atoms with Gasteiger partial charge in [-0.25, -0.2) is 4.98 Å². The summed E-state index contributed by atoms with van der Waals surface area (Å²) < 4.78 is 0. The van der Waals surface area contributed by atoms with E-state index in [0.29, 0.717) is 16.9 Å². The van der Waals surface area contributed by atoms with E-state index in [2.05, 4.69) is 20.2 Å². The van der Waals surface area contributed by atoms with Crippen LogP contribution in [-0.2, 0) is 0 Å². The number of nitrogen functional groups attached to an aromatic ring is 1. The summed E-state index contributed by atoms with van der Waals surface area (Å²) in [6.07, 6.45) is 4.68. The molecule has 2 aromatic rings. The molecule has 2 heterocycles. The summed E-state index contributed by atoms with van der Waals surface area (Å²) in [5.74, 6) is 0.315. The van der Waals surface area contributed by atoms with Gasteiger partial charge in [-0.3, -0.25) is 4.98 Å². The quantitative estimate of drug-likeness (QED) is 0.567. The molecule has 0 radical (unpaired) electrons. The molecule has 2 rings (SSSR count). The van der Waals surface area contributed by atoms with Crippen molar-refractivity contribution < 1.29 is 0 Å². The molecule has 0 spiro atoms. The van der Waals surface area contributed by atoms with Gasteiger partial charge in [-0.1, -0.05) is 0 Å². The fourth-order valence-electron chi connectivity index (χ4n) is 0.834. The van der Waals surface area contributed by atoms with Crippen molar-refractivity contribution in [3.05, 3.63) is 18.6 Å². The monoisotopic (exact) mass is 147 g/mol. The number of aromatic nitrogens is 4. The molecule has 5 nitrogen and oxygen atoms in total. The molecule has 0 amide bonds. The molecule has 11 heavy (non-hydrogen) atoms. The molecule has 2 aromatic heterocycles. The molecule has 0 saturated heterocycles. The smallest absolute Gasteiger partial charge is 0.174 e. The zero-order valence-corrected chi connectivity index (χ0v) is 5.60. The third kappa shape index (κ3) is 0.861. The van der Waals surface area contributed by atoms with Gasteiger partial charge >= 0.3 is 0 Å². The van der Waals surface area contributed by atoms with Crippen molar-refractivity contribution in [3.63, 3.8) is 0 Å². The topological polar surface area (TPSA) is 77.6 Å². The van der Waals surface area contributed by atoms with Gasteiger partial charge in [0.2, 0.25) is 0 Å². The van der Waals surface area contributed by atoms with E-state index in [0.717, 1.165) is 0 Å². The first-order valence-corrected chi connectivity index (χ1v) is 3.06. The summed E-state index contributed by atoms with van der Waals surface area (Å²) in [7, 11) is 0. The molecule has 0 unspecified atom stereocenters. The number of nitrogens with zero attached hydrogens (tertiary/aromatic N) is 4. The summed E-state index contributed by atoms with van der Waals surface area (Å²) >= 11 is 0. The zero-order chi connectivity index (χ0) is 7.68. The fraction of sp³-hybridized carbons (Fsp3) is 0. The van der Waals surface area contributed by atoms with Crippen LogP contribution in [0.2, 0.25) is 0 Å². The summed E-state index contributed by atoms with van der Waals surface area (Å²) in [6.45, 7) is 0. The molecular weight excluding hydrogens is 142 g/mol. The van der Waals surface area contributed by atoms with E-state index in [9.17, 15) is 0 Å². The van der Waals surface area contributed by atoms with E-state index in [1.54, 1.807) is 12.4 Å². The van der Waals surface area contributed by atoms with Crippen molar-refractivity contribution >= 4 is 16.9 Å². The molecule has 0 aliphatic heterocycles. The van der Waals surface area contributed by atoms with Gasteiger partial charge in [-0.15, -0.1) is 5.10 Å². The Morgan fingerprint density at radius 2 is 2.00 bits per heavy atom. The first-order chi connectivity index (χ1) is 5.38. The molecule has 2 N–H and O–H groups in total. The third-order valence-electron chi connectivity index (χ3n) is 1.31. The zero-order valence-electron chi connectivity index (χ0n) is 5.60. The van der Waals surface area contributed by atoms with Crippen LogP contribution in [0.3, 0.4) is 0 Å². The summed E-state index contributed by atoms with van der Waals surface area (Å²) in [5, 5.41) is 7.27. The number of fused-ring (bicyclic) bond motifs is 1. The maximum absolute atomic E-state index is 5.48. The second kappa shape index (κ2) is 2.12. The highest BCUT2D eigenvalue weighted by atomic mass is 15.1. The molecule has 54 valence electrons. The summed E-state index contributed by atoms with van der Waals surface area (Å²) in [5.41, 5.74) is 6.75. The molecule has 0 aliphatic carbocycles. The summed E-state index contributed by atoms with van der Waals surface area (Å²) in [6, 6.07) is 0. The molecule has 0 saturated carbocycles. The van der Waals surface area contributed by atoms with Crippen LogP contribution in [0.5, 0.6) is 0 Å². The molecule has 0 aromatic carbocycles. The lowest BCUT2D eigenvalue weighted by molar-refractivity contribution is 1.04. The molecule has 5 heteroatoms. The predicted octanol–water partition coefficient (Wildman–Crippen LogP) is 0.00200. The average Bonchev–Trinajstić information content (AvgIpc) is 2.06. The molecular formula is C6H5N5. The highest BCUT2D eigenvalue weighted by molar-refractivity contribution is 5.82. The minimum absolute atomic E-state index is 0.315. The molecule has 0 atom stereocenters. The highest BCUT2D eigenvalue weighted by Crippen LogP contribution is 2.09. The van der Waals surface area contributed by atoms with Crippen LogP contribution >= 0.6 is 0 Å². The largest absolute Gasteiger partial charge is 0.380 e.